The summed E-state index contributed by atoms with van der Waals surface area (Å²) in [6.07, 6.45) is 3.81. The Bertz CT molecular complexity index is 994. The monoisotopic (exact) mass is 420 g/mol. The van der Waals surface area contributed by atoms with Crippen LogP contribution in [0.25, 0.3) is 11.1 Å². The summed E-state index contributed by atoms with van der Waals surface area (Å²) in [6, 6.07) is 8.43. The van der Waals surface area contributed by atoms with E-state index in [0.717, 1.165) is 35.1 Å². The Hall–Kier alpha value is -2.58. The average molecular weight is 421 g/mol. The quantitative estimate of drug-likeness (QED) is 0.485. The van der Waals surface area contributed by atoms with E-state index in [1.54, 1.807) is 13.3 Å². The number of pyridine rings is 1. The Morgan fingerprint density at radius 1 is 1.23 bits per heavy atom. The van der Waals surface area contributed by atoms with Gasteiger partial charge in [0, 0.05) is 36.3 Å². The van der Waals surface area contributed by atoms with Crippen LogP contribution >= 0.6 is 0 Å². The standard InChI is InChI=1S/C25H32N2O2Si/c1-7-27(25(28)20-9-10-20)17-21-14-18(2)8-11-22(21)23-15-19(12-13-30(4,5)6)16-26-24(23)29-3/h8,11,14-16,20H,7,9-10,17H2,1-6H3. The van der Waals surface area contributed by atoms with Crippen molar-refractivity contribution in [3.63, 3.8) is 0 Å². The topological polar surface area (TPSA) is 42.4 Å². The molecule has 1 aliphatic carbocycles. The van der Waals surface area contributed by atoms with Crippen molar-refractivity contribution >= 4 is 14.0 Å². The fourth-order valence-corrected chi connectivity index (χ4v) is 3.91. The second kappa shape index (κ2) is 9.05. The predicted octanol–water partition coefficient (Wildman–Crippen LogP) is 5.05. The minimum absolute atomic E-state index is 0.217. The third-order valence-corrected chi connectivity index (χ3v) is 6.03. The first kappa shape index (κ1) is 22.1. The van der Waals surface area contributed by atoms with Crippen molar-refractivity contribution in [2.75, 3.05) is 13.7 Å². The lowest BCUT2D eigenvalue weighted by Crippen LogP contribution is -2.31. The van der Waals surface area contributed by atoms with Gasteiger partial charge in [-0.15, -0.1) is 5.54 Å². The highest BCUT2D eigenvalue weighted by molar-refractivity contribution is 6.83. The molecule has 0 radical (unpaired) electrons. The van der Waals surface area contributed by atoms with E-state index in [1.165, 1.54) is 5.56 Å². The summed E-state index contributed by atoms with van der Waals surface area (Å²) < 4.78 is 5.58. The minimum atomic E-state index is -1.49. The molecule has 1 aromatic heterocycles. The number of aromatic nitrogens is 1. The van der Waals surface area contributed by atoms with Crippen molar-refractivity contribution < 1.29 is 9.53 Å². The maximum atomic E-state index is 12.7. The van der Waals surface area contributed by atoms with Crippen LogP contribution in [0, 0.1) is 24.3 Å². The summed E-state index contributed by atoms with van der Waals surface area (Å²) >= 11 is 0. The molecule has 0 atom stereocenters. The third kappa shape index (κ3) is 5.52. The van der Waals surface area contributed by atoms with E-state index in [9.17, 15) is 4.79 Å². The summed E-state index contributed by atoms with van der Waals surface area (Å²) in [5, 5.41) is 0. The lowest BCUT2D eigenvalue weighted by Gasteiger charge is -2.23. The van der Waals surface area contributed by atoms with Gasteiger partial charge >= 0.3 is 0 Å². The molecule has 1 aromatic carbocycles. The molecule has 0 bridgehead atoms. The number of hydrogen-bond donors (Lipinski definition) is 0. The van der Waals surface area contributed by atoms with Gasteiger partial charge in [-0.1, -0.05) is 49.3 Å². The first-order valence-corrected chi connectivity index (χ1v) is 14.2. The summed E-state index contributed by atoms with van der Waals surface area (Å²) in [4.78, 5) is 19.2. The number of aryl methyl sites for hydroxylation is 1. The maximum absolute atomic E-state index is 12.7. The Kier molecular flexibility index (Phi) is 6.67. The first-order chi connectivity index (χ1) is 14.2. The van der Waals surface area contributed by atoms with Gasteiger partial charge in [0.2, 0.25) is 11.8 Å². The molecule has 1 heterocycles. The van der Waals surface area contributed by atoms with Crippen LogP contribution < -0.4 is 4.74 Å². The summed E-state index contributed by atoms with van der Waals surface area (Å²) in [7, 11) is 0.155. The molecule has 5 heteroatoms. The molecule has 2 aromatic rings. The lowest BCUT2D eigenvalue weighted by molar-refractivity contribution is -0.132. The van der Waals surface area contributed by atoms with Gasteiger partial charge in [0.15, 0.2) is 0 Å². The van der Waals surface area contributed by atoms with Crippen molar-refractivity contribution in [3.8, 4) is 28.5 Å². The second-order valence-corrected chi connectivity index (χ2v) is 13.8. The van der Waals surface area contributed by atoms with Crippen LogP contribution in [0.2, 0.25) is 19.6 Å². The molecule has 0 saturated heterocycles. The molecule has 1 aliphatic rings. The van der Waals surface area contributed by atoms with E-state index < -0.39 is 8.07 Å². The molecule has 30 heavy (non-hydrogen) atoms. The average Bonchev–Trinajstić information content (AvgIpc) is 3.55. The summed E-state index contributed by atoms with van der Waals surface area (Å²) in [5.74, 6) is 4.36. The number of ether oxygens (including phenoxy) is 1. The fraction of sp³-hybridized carbons (Fsp3) is 0.440. The van der Waals surface area contributed by atoms with E-state index in [2.05, 4.69) is 67.3 Å². The highest BCUT2D eigenvalue weighted by Gasteiger charge is 2.33. The maximum Gasteiger partial charge on any atom is 0.225 e. The van der Waals surface area contributed by atoms with Crippen molar-refractivity contribution in [2.24, 2.45) is 5.92 Å². The molecule has 0 aliphatic heterocycles. The van der Waals surface area contributed by atoms with Crippen molar-refractivity contribution in [1.82, 2.24) is 9.88 Å². The van der Waals surface area contributed by atoms with E-state index in [-0.39, 0.29) is 11.8 Å². The lowest BCUT2D eigenvalue weighted by atomic mass is 9.97. The normalized spacial score (nSPS) is 13.4. The summed E-state index contributed by atoms with van der Waals surface area (Å²) in [5.41, 5.74) is 8.55. The zero-order valence-electron chi connectivity index (χ0n) is 19.0. The van der Waals surface area contributed by atoms with Crippen LogP contribution in [0.4, 0.5) is 0 Å². The van der Waals surface area contributed by atoms with Gasteiger partial charge in [-0.05, 0) is 43.9 Å². The van der Waals surface area contributed by atoms with Crippen LogP contribution in [0.5, 0.6) is 5.88 Å². The largest absolute Gasteiger partial charge is 0.481 e. The molecule has 3 rings (SSSR count). The molecule has 0 N–H and O–H groups in total. The molecular weight excluding hydrogens is 388 g/mol. The van der Waals surface area contributed by atoms with Gasteiger partial charge in [-0.3, -0.25) is 4.79 Å². The predicted molar refractivity (Wildman–Crippen MR) is 125 cm³/mol. The molecule has 1 saturated carbocycles. The molecular formula is C25H32N2O2Si. The Labute approximate surface area is 181 Å². The number of amides is 1. The van der Waals surface area contributed by atoms with Gasteiger partial charge in [0.25, 0.3) is 0 Å². The van der Waals surface area contributed by atoms with Crippen LogP contribution in [-0.2, 0) is 11.3 Å². The molecule has 0 spiro atoms. The number of methoxy groups -OCH3 is 1. The van der Waals surface area contributed by atoms with E-state index in [0.29, 0.717) is 19.0 Å². The minimum Gasteiger partial charge on any atom is -0.481 e. The third-order valence-electron chi connectivity index (χ3n) is 5.16. The van der Waals surface area contributed by atoms with E-state index in [1.807, 2.05) is 11.8 Å². The molecule has 4 nitrogen and oxygen atoms in total. The smallest absolute Gasteiger partial charge is 0.225 e. The highest BCUT2D eigenvalue weighted by Crippen LogP contribution is 2.35. The van der Waals surface area contributed by atoms with Crippen LogP contribution in [0.15, 0.2) is 30.5 Å². The van der Waals surface area contributed by atoms with Crippen molar-refractivity contribution in [3.05, 3.63) is 47.2 Å². The molecule has 0 unspecified atom stereocenters. The van der Waals surface area contributed by atoms with Crippen LogP contribution in [-0.4, -0.2) is 37.5 Å². The molecule has 1 fully saturated rings. The highest BCUT2D eigenvalue weighted by atomic mass is 28.3. The van der Waals surface area contributed by atoms with Gasteiger partial charge in [-0.2, -0.15) is 0 Å². The van der Waals surface area contributed by atoms with Crippen LogP contribution in [0.1, 0.15) is 36.5 Å². The Morgan fingerprint density at radius 3 is 2.57 bits per heavy atom. The van der Waals surface area contributed by atoms with Gasteiger partial charge in [-0.25, -0.2) is 4.98 Å². The summed E-state index contributed by atoms with van der Waals surface area (Å²) in [6.45, 7) is 12.1. The van der Waals surface area contributed by atoms with E-state index in [4.69, 9.17) is 4.74 Å². The number of rotatable bonds is 6. The number of carbonyl (C=O) groups is 1. The SMILES string of the molecule is CCN(Cc1cc(C)ccc1-c1cc(C#C[Si](C)(C)C)cnc1OC)C(=O)C1CC1. The number of carbonyl (C=O) groups excluding carboxylic acids is 1. The van der Waals surface area contributed by atoms with Gasteiger partial charge < -0.3 is 9.64 Å². The second-order valence-electron chi connectivity index (χ2n) is 9.07. The Balaban J connectivity index is 2.04. The number of hydrogen-bond acceptors (Lipinski definition) is 3. The van der Waals surface area contributed by atoms with Crippen LogP contribution in [0.3, 0.4) is 0 Å². The van der Waals surface area contributed by atoms with Gasteiger partial charge in [0.05, 0.1) is 7.11 Å². The fourth-order valence-electron chi connectivity index (χ4n) is 3.39. The van der Waals surface area contributed by atoms with Gasteiger partial charge in [0.1, 0.15) is 8.07 Å². The Morgan fingerprint density at radius 2 is 1.97 bits per heavy atom. The zero-order chi connectivity index (χ0) is 21.9. The molecule has 158 valence electrons. The number of benzene rings is 1. The van der Waals surface area contributed by atoms with Crippen molar-refractivity contribution in [2.45, 2.75) is 52.9 Å². The molecule has 1 amide bonds. The van der Waals surface area contributed by atoms with E-state index >= 15 is 0 Å². The number of nitrogens with zero attached hydrogens (tertiary/aromatic N) is 2. The first-order valence-electron chi connectivity index (χ1n) is 10.7. The van der Waals surface area contributed by atoms with Crippen molar-refractivity contribution in [1.29, 1.82) is 0 Å². The zero-order valence-corrected chi connectivity index (χ0v) is 20.0.